The summed E-state index contributed by atoms with van der Waals surface area (Å²) in [5.41, 5.74) is 1.48. The lowest BCUT2D eigenvalue weighted by molar-refractivity contribution is -0.384. The van der Waals surface area contributed by atoms with Crippen molar-refractivity contribution >= 4 is 33.1 Å². The Morgan fingerprint density at radius 2 is 2.00 bits per heavy atom. The van der Waals surface area contributed by atoms with E-state index in [-0.39, 0.29) is 18.0 Å². The summed E-state index contributed by atoms with van der Waals surface area (Å²) in [5, 5.41) is 10.9. The molecule has 27 heavy (non-hydrogen) atoms. The third-order valence-electron chi connectivity index (χ3n) is 4.06. The van der Waals surface area contributed by atoms with Gasteiger partial charge >= 0.3 is 0 Å². The average molecular weight is 387 g/mol. The summed E-state index contributed by atoms with van der Waals surface area (Å²) in [6, 6.07) is 9.79. The van der Waals surface area contributed by atoms with Crippen molar-refractivity contribution in [3.05, 3.63) is 56.9 Å². The van der Waals surface area contributed by atoms with Gasteiger partial charge in [0.05, 0.1) is 35.8 Å². The molecule has 0 aliphatic rings. The number of fused-ring (bicyclic) bond motifs is 1. The third-order valence-corrected chi connectivity index (χ3v) is 5.15. The molecule has 140 valence electrons. The quantitative estimate of drug-likeness (QED) is 0.495. The molecule has 0 aliphatic carbocycles. The first-order chi connectivity index (χ1) is 12.9. The number of aryl methyl sites for hydroxylation is 1. The lowest BCUT2D eigenvalue weighted by Crippen LogP contribution is -2.14. The number of rotatable bonds is 5. The molecule has 1 amide bonds. The Morgan fingerprint density at radius 1 is 1.22 bits per heavy atom. The van der Waals surface area contributed by atoms with E-state index in [1.807, 2.05) is 0 Å². The van der Waals surface area contributed by atoms with Gasteiger partial charge in [-0.2, -0.15) is 4.99 Å². The van der Waals surface area contributed by atoms with Gasteiger partial charge in [-0.15, -0.1) is 0 Å². The van der Waals surface area contributed by atoms with Crippen molar-refractivity contribution in [2.45, 2.75) is 6.42 Å². The van der Waals surface area contributed by atoms with Crippen LogP contribution in [0.3, 0.4) is 0 Å². The lowest BCUT2D eigenvalue weighted by atomic mass is 10.1. The molecule has 0 spiro atoms. The maximum absolute atomic E-state index is 12.4. The lowest BCUT2D eigenvalue weighted by Gasteiger charge is -2.08. The number of nitro groups is 1. The third kappa shape index (κ3) is 3.82. The zero-order chi connectivity index (χ0) is 19.6. The molecule has 0 N–H and O–H groups in total. The minimum absolute atomic E-state index is 0.00481. The van der Waals surface area contributed by atoms with Crippen LogP contribution in [0.5, 0.6) is 11.5 Å². The first-order valence-corrected chi connectivity index (χ1v) is 8.77. The number of aromatic nitrogens is 1. The van der Waals surface area contributed by atoms with E-state index in [1.54, 1.807) is 43.0 Å². The molecule has 0 radical (unpaired) electrons. The number of nitrogens with zero attached hydrogens (tertiary/aromatic N) is 3. The van der Waals surface area contributed by atoms with Crippen LogP contribution in [0.4, 0.5) is 5.69 Å². The van der Waals surface area contributed by atoms with Crippen molar-refractivity contribution in [3.63, 3.8) is 0 Å². The summed E-state index contributed by atoms with van der Waals surface area (Å²) in [6.07, 6.45) is 0.0710. The smallest absolute Gasteiger partial charge is 0.270 e. The van der Waals surface area contributed by atoms with Gasteiger partial charge in [0, 0.05) is 30.8 Å². The van der Waals surface area contributed by atoms with Crippen LogP contribution >= 0.6 is 11.3 Å². The molecule has 3 aromatic rings. The van der Waals surface area contributed by atoms with Crippen LogP contribution in [-0.4, -0.2) is 29.6 Å². The number of methoxy groups -OCH3 is 2. The number of hydrogen-bond donors (Lipinski definition) is 0. The summed E-state index contributed by atoms with van der Waals surface area (Å²) in [4.78, 5) is 27.6. The van der Waals surface area contributed by atoms with Crippen molar-refractivity contribution in [2.75, 3.05) is 14.2 Å². The summed E-state index contributed by atoms with van der Waals surface area (Å²) in [7, 11) is 4.85. The highest BCUT2D eigenvalue weighted by atomic mass is 32.1. The Balaban J connectivity index is 1.93. The average Bonchev–Trinajstić information content (AvgIpc) is 2.96. The zero-order valence-corrected chi connectivity index (χ0v) is 15.8. The Kier molecular flexibility index (Phi) is 5.22. The Bertz CT molecular complexity index is 1100. The topological polar surface area (TPSA) is 96.0 Å². The summed E-state index contributed by atoms with van der Waals surface area (Å²) < 4.78 is 12.9. The van der Waals surface area contributed by atoms with E-state index in [1.165, 1.54) is 30.6 Å². The number of non-ortho nitro benzene ring substituents is 1. The predicted octanol–water partition coefficient (Wildman–Crippen LogP) is 2.84. The van der Waals surface area contributed by atoms with Crippen LogP contribution in [0.1, 0.15) is 5.56 Å². The SMILES string of the molecule is COc1ccc(CC(=O)N=c2sc3cc([N+](=O)[O-])ccc3n2C)c(OC)c1. The zero-order valence-electron chi connectivity index (χ0n) is 15.0. The second-order valence-corrected chi connectivity index (χ2v) is 6.72. The van der Waals surface area contributed by atoms with E-state index in [2.05, 4.69) is 4.99 Å². The molecule has 0 saturated heterocycles. The molecule has 8 nitrogen and oxygen atoms in total. The van der Waals surface area contributed by atoms with Gasteiger partial charge in [-0.3, -0.25) is 14.9 Å². The Morgan fingerprint density at radius 3 is 2.67 bits per heavy atom. The molecule has 0 aliphatic heterocycles. The first kappa shape index (κ1) is 18.6. The molecule has 9 heteroatoms. The van der Waals surface area contributed by atoms with Gasteiger partial charge in [0.1, 0.15) is 11.5 Å². The number of ether oxygens (including phenoxy) is 2. The van der Waals surface area contributed by atoms with E-state index < -0.39 is 4.92 Å². The summed E-state index contributed by atoms with van der Waals surface area (Å²) in [5.74, 6) is 0.849. The van der Waals surface area contributed by atoms with Crippen LogP contribution in [0.2, 0.25) is 0 Å². The molecule has 3 rings (SSSR count). The normalized spacial score (nSPS) is 11.6. The van der Waals surface area contributed by atoms with Crippen LogP contribution in [0.25, 0.3) is 10.2 Å². The van der Waals surface area contributed by atoms with E-state index in [4.69, 9.17) is 9.47 Å². The molecular weight excluding hydrogens is 370 g/mol. The number of carbonyl (C=O) groups excluding carboxylic acids is 1. The van der Waals surface area contributed by atoms with Crippen molar-refractivity contribution < 1.29 is 19.2 Å². The van der Waals surface area contributed by atoms with Crippen LogP contribution < -0.4 is 14.3 Å². The van der Waals surface area contributed by atoms with E-state index in [0.29, 0.717) is 26.6 Å². The summed E-state index contributed by atoms with van der Waals surface area (Å²) in [6.45, 7) is 0. The number of amides is 1. The predicted molar refractivity (Wildman–Crippen MR) is 101 cm³/mol. The molecule has 1 aromatic heterocycles. The van der Waals surface area contributed by atoms with E-state index >= 15 is 0 Å². The number of hydrogen-bond acceptors (Lipinski definition) is 6. The highest BCUT2D eigenvalue weighted by molar-refractivity contribution is 7.16. The van der Waals surface area contributed by atoms with Crippen LogP contribution in [0.15, 0.2) is 41.4 Å². The van der Waals surface area contributed by atoms with Crippen LogP contribution in [0, 0.1) is 10.1 Å². The fraction of sp³-hybridized carbons (Fsp3) is 0.222. The Labute approximate surface area is 158 Å². The molecule has 1 heterocycles. The second kappa shape index (κ2) is 7.58. The summed E-state index contributed by atoms with van der Waals surface area (Å²) >= 11 is 1.23. The minimum Gasteiger partial charge on any atom is -0.497 e. The molecule has 2 aromatic carbocycles. The van der Waals surface area contributed by atoms with Gasteiger partial charge in [0.15, 0.2) is 4.80 Å². The highest BCUT2D eigenvalue weighted by Crippen LogP contribution is 2.25. The molecule has 0 bridgehead atoms. The van der Waals surface area contributed by atoms with E-state index in [9.17, 15) is 14.9 Å². The van der Waals surface area contributed by atoms with Crippen molar-refractivity contribution in [1.29, 1.82) is 0 Å². The van der Waals surface area contributed by atoms with Gasteiger partial charge < -0.3 is 14.0 Å². The maximum atomic E-state index is 12.4. The van der Waals surface area contributed by atoms with Crippen molar-refractivity contribution in [2.24, 2.45) is 12.0 Å². The second-order valence-electron chi connectivity index (χ2n) is 5.71. The van der Waals surface area contributed by atoms with Gasteiger partial charge in [-0.1, -0.05) is 17.4 Å². The van der Waals surface area contributed by atoms with E-state index in [0.717, 1.165) is 5.52 Å². The highest BCUT2D eigenvalue weighted by Gasteiger charge is 2.12. The minimum atomic E-state index is -0.447. The molecule has 0 saturated carbocycles. The number of benzene rings is 2. The molecule has 0 fully saturated rings. The molecular formula is C18H17N3O5S. The van der Waals surface area contributed by atoms with Gasteiger partial charge in [-0.25, -0.2) is 0 Å². The van der Waals surface area contributed by atoms with Gasteiger partial charge in [-0.05, 0) is 12.1 Å². The molecule has 0 atom stereocenters. The van der Waals surface area contributed by atoms with Crippen molar-refractivity contribution in [1.82, 2.24) is 4.57 Å². The number of thiazole rings is 1. The largest absolute Gasteiger partial charge is 0.497 e. The fourth-order valence-electron chi connectivity index (χ4n) is 2.65. The number of carbonyl (C=O) groups is 1. The molecule has 0 unspecified atom stereocenters. The maximum Gasteiger partial charge on any atom is 0.270 e. The van der Waals surface area contributed by atoms with Crippen LogP contribution in [-0.2, 0) is 18.3 Å². The number of nitro benzene ring substituents is 1. The van der Waals surface area contributed by atoms with Gasteiger partial charge in [0.25, 0.3) is 11.6 Å². The monoisotopic (exact) mass is 387 g/mol. The standard InChI is InChI=1S/C18H17N3O5S/c1-20-14-7-5-12(21(23)24)9-16(14)27-18(20)19-17(22)8-11-4-6-13(25-2)10-15(11)26-3/h4-7,9-10H,8H2,1-3H3. The fourth-order valence-corrected chi connectivity index (χ4v) is 3.72. The van der Waals surface area contributed by atoms with Gasteiger partial charge in [0.2, 0.25) is 0 Å². The first-order valence-electron chi connectivity index (χ1n) is 7.95. The van der Waals surface area contributed by atoms with Crippen molar-refractivity contribution in [3.8, 4) is 11.5 Å². The Hall–Kier alpha value is -3.20.